The third-order valence-corrected chi connectivity index (χ3v) is 5.75. The van der Waals surface area contributed by atoms with Gasteiger partial charge in [-0.25, -0.2) is 0 Å². The van der Waals surface area contributed by atoms with Gasteiger partial charge in [-0.05, 0) is 68.9 Å². The largest absolute Gasteiger partial charge is 0.391 e. The Morgan fingerprint density at radius 3 is 1.95 bits per heavy atom. The molecule has 0 radical (unpaired) electrons. The molecule has 1 aliphatic heterocycles. The van der Waals surface area contributed by atoms with Crippen molar-refractivity contribution in [2.45, 2.75) is 71.9 Å². The van der Waals surface area contributed by atoms with Gasteiger partial charge in [-0.2, -0.15) is 0 Å². The summed E-state index contributed by atoms with van der Waals surface area (Å²) >= 11 is 0. The van der Waals surface area contributed by atoms with Gasteiger partial charge in [0, 0.05) is 6.04 Å². The maximum Gasteiger partial charge on any atom is 0.0695 e. The van der Waals surface area contributed by atoms with Crippen LogP contribution < -0.4 is 0 Å². The van der Waals surface area contributed by atoms with E-state index in [-0.39, 0.29) is 6.10 Å². The molecular formula is C17H33NO. The molecule has 0 aromatic carbocycles. The van der Waals surface area contributed by atoms with Gasteiger partial charge in [-0.3, -0.25) is 4.90 Å². The number of aliphatic hydroxyl groups is 1. The molecule has 112 valence electrons. The molecule has 1 saturated heterocycles. The number of likely N-dealkylation sites (tertiary alicyclic amines) is 1. The summed E-state index contributed by atoms with van der Waals surface area (Å²) in [6, 6.07) is 0.439. The topological polar surface area (TPSA) is 23.5 Å². The second kappa shape index (κ2) is 6.58. The van der Waals surface area contributed by atoms with Gasteiger partial charge in [0.1, 0.15) is 0 Å². The normalized spacial score (nSPS) is 35.2. The third-order valence-electron chi connectivity index (χ3n) is 5.75. The minimum atomic E-state index is -0.0781. The first kappa shape index (κ1) is 15.3. The average molecular weight is 267 g/mol. The van der Waals surface area contributed by atoms with Crippen LogP contribution in [0.4, 0.5) is 0 Å². The number of aliphatic hydroxyl groups excluding tert-OH is 1. The fourth-order valence-electron chi connectivity index (χ4n) is 4.08. The second-order valence-corrected chi connectivity index (χ2v) is 7.57. The zero-order valence-corrected chi connectivity index (χ0v) is 13.3. The molecule has 2 nitrogen and oxygen atoms in total. The van der Waals surface area contributed by atoms with Crippen molar-refractivity contribution in [2.24, 2.45) is 23.7 Å². The molecule has 0 aromatic rings. The van der Waals surface area contributed by atoms with E-state index in [0.717, 1.165) is 30.1 Å². The van der Waals surface area contributed by atoms with Crippen LogP contribution in [0.5, 0.6) is 0 Å². The SMILES string of the molecule is CC(C)C1CCN(C2CC(C(C)C)CCC2O)CC1. The highest BCUT2D eigenvalue weighted by Crippen LogP contribution is 2.35. The molecule has 0 amide bonds. The maximum atomic E-state index is 10.4. The number of hydrogen-bond acceptors (Lipinski definition) is 2. The summed E-state index contributed by atoms with van der Waals surface area (Å²) in [5.41, 5.74) is 0. The van der Waals surface area contributed by atoms with Gasteiger partial charge < -0.3 is 5.11 Å². The Morgan fingerprint density at radius 2 is 1.42 bits per heavy atom. The lowest BCUT2D eigenvalue weighted by Crippen LogP contribution is -2.51. The lowest BCUT2D eigenvalue weighted by molar-refractivity contribution is -0.0201. The van der Waals surface area contributed by atoms with Gasteiger partial charge in [0.25, 0.3) is 0 Å². The van der Waals surface area contributed by atoms with Gasteiger partial charge >= 0.3 is 0 Å². The van der Waals surface area contributed by atoms with Gasteiger partial charge in [-0.1, -0.05) is 27.7 Å². The maximum absolute atomic E-state index is 10.4. The van der Waals surface area contributed by atoms with Crippen LogP contribution in [0.3, 0.4) is 0 Å². The standard InChI is InChI=1S/C17H33NO/c1-12(2)14-7-9-18(10-8-14)16-11-15(13(3)4)5-6-17(16)19/h12-17,19H,5-11H2,1-4H3. The Balaban J connectivity index is 1.90. The zero-order valence-electron chi connectivity index (χ0n) is 13.3. The van der Waals surface area contributed by atoms with E-state index in [1.807, 2.05) is 0 Å². The van der Waals surface area contributed by atoms with E-state index in [0.29, 0.717) is 6.04 Å². The van der Waals surface area contributed by atoms with Crippen molar-refractivity contribution in [1.82, 2.24) is 4.90 Å². The van der Waals surface area contributed by atoms with Crippen LogP contribution in [0, 0.1) is 23.7 Å². The highest BCUT2D eigenvalue weighted by molar-refractivity contribution is 4.90. The van der Waals surface area contributed by atoms with Crippen molar-refractivity contribution in [3.05, 3.63) is 0 Å². The summed E-state index contributed by atoms with van der Waals surface area (Å²) in [6.45, 7) is 11.8. The van der Waals surface area contributed by atoms with E-state index in [1.165, 1.54) is 38.8 Å². The average Bonchev–Trinajstić information content (AvgIpc) is 2.39. The highest BCUT2D eigenvalue weighted by atomic mass is 16.3. The van der Waals surface area contributed by atoms with Crippen molar-refractivity contribution in [1.29, 1.82) is 0 Å². The molecule has 0 aromatic heterocycles. The van der Waals surface area contributed by atoms with Crippen LogP contribution >= 0.6 is 0 Å². The summed E-state index contributed by atoms with van der Waals surface area (Å²) in [5, 5.41) is 10.4. The number of nitrogens with zero attached hydrogens (tertiary/aromatic N) is 1. The van der Waals surface area contributed by atoms with Crippen LogP contribution in [0.25, 0.3) is 0 Å². The first-order chi connectivity index (χ1) is 8.99. The first-order valence-corrected chi connectivity index (χ1v) is 8.41. The summed E-state index contributed by atoms with van der Waals surface area (Å²) in [5.74, 6) is 3.30. The monoisotopic (exact) mass is 267 g/mol. The molecule has 19 heavy (non-hydrogen) atoms. The molecule has 0 bridgehead atoms. The fraction of sp³-hybridized carbons (Fsp3) is 1.00. The Hall–Kier alpha value is -0.0800. The van der Waals surface area contributed by atoms with E-state index in [1.54, 1.807) is 0 Å². The lowest BCUT2D eigenvalue weighted by atomic mass is 9.76. The second-order valence-electron chi connectivity index (χ2n) is 7.57. The van der Waals surface area contributed by atoms with Crippen molar-refractivity contribution < 1.29 is 5.11 Å². The molecule has 1 aliphatic carbocycles. The Morgan fingerprint density at radius 1 is 0.842 bits per heavy atom. The van der Waals surface area contributed by atoms with Gasteiger partial charge in [-0.15, -0.1) is 0 Å². The molecule has 3 unspecified atom stereocenters. The van der Waals surface area contributed by atoms with E-state index in [2.05, 4.69) is 32.6 Å². The van der Waals surface area contributed by atoms with Gasteiger partial charge in [0.05, 0.1) is 6.10 Å². The Bertz CT molecular complexity index is 268. The third kappa shape index (κ3) is 3.72. The van der Waals surface area contributed by atoms with E-state index in [4.69, 9.17) is 0 Å². The Kier molecular flexibility index (Phi) is 5.30. The summed E-state index contributed by atoms with van der Waals surface area (Å²) < 4.78 is 0. The van der Waals surface area contributed by atoms with Crippen LogP contribution in [-0.2, 0) is 0 Å². The van der Waals surface area contributed by atoms with E-state index < -0.39 is 0 Å². The molecular weight excluding hydrogens is 234 g/mol. The van der Waals surface area contributed by atoms with E-state index in [9.17, 15) is 5.11 Å². The predicted octanol–water partition coefficient (Wildman–Crippen LogP) is 3.54. The van der Waals surface area contributed by atoms with Crippen LogP contribution in [-0.4, -0.2) is 35.2 Å². The zero-order chi connectivity index (χ0) is 14.0. The summed E-state index contributed by atoms with van der Waals surface area (Å²) in [7, 11) is 0. The number of hydrogen-bond donors (Lipinski definition) is 1. The fourth-order valence-corrected chi connectivity index (χ4v) is 4.08. The van der Waals surface area contributed by atoms with Crippen molar-refractivity contribution >= 4 is 0 Å². The smallest absolute Gasteiger partial charge is 0.0695 e. The molecule has 2 aliphatic rings. The molecule has 1 heterocycles. The van der Waals surface area contributed by atoms with Gasteiger partial charge in [0.2, 0.25) is 0 Å². The molecule has 1 saturated carbocycles. The van der Waals surface area contributed by atoms with E-state index >= 15 is 0 Å². The molecule has 2 heteroatoms. The van der Waals surface area contributed by atoms with Crippen molar-refractivity contribution in [2.75, 3.05) is 13.1 Å². The van der Waals surface area contributed by atoms with Crippen LogP contribution in [0.2, 0.25) is 0 Å². The number of rotatable bonds is 3. The Labute approximate surface area is 119 Å². The highest BCUT2D eigenvalue weighted by Gasteiger charge is 2.36. The summed E-state index contributed by atoms with van der Waals surface area (Å²) in [4.78, 5) is 2.60. The quantitative estimate of drug-likeness (QED) is 0.845. The minimum absolute atomic E-state index is 0.0781. The van der Waals surface area contributed by atoms with Crippen LogP contribution in [0.15, 0.2) is 0 Å². The van der Waals surface area contributed by atoms with Gasteiger partial charge in [0.15, 0.2) is 0 Å². The summed E-state index contributed by atoms with van der Waals surface area (Å²) in [6.07, 6.45) is 6.02. The molecule has 2 rings (SSSR count). The minimum Gasteiger partial charge on any atom is -0.391 e. The van der Waals surface area contributed by atoms with Crippen molar-refractivity contribution in [3.8, 4) is 0 Å². The lowest BCUT2D eigenvalue weighted by Gasteiger charge is -2.45. The molecule has 0 spiro atoms. The molecule has 2 fully saturated rings. The van der Waals surface area contributed by atoms with Crippen LogP contribution in [0.1, 0.15) is 59.8 Å². The van der Waals surface area contributed by atoms with Crippen molar-refractivity contribution in [3.63, 3.8) is 0 Å². The number of piperidine rings is 1. The first-order valence-electron chi connectivity index (χ1n) is 8.41. The predicted molar refractivity (Wildman–Crippen MR) is 81.1 cm³/mol. The molecule has 1 N–H and O–H groups in total. The molecule has 3 atom stereocenters.